The molecule has 0 spiro atoms. The van der Waals surface area contributed by atoms with E-state index < -0.39 is 10.0 Å². The molecule has 3 rings (SSSR count). The number of hydrazone groups is 1. The van der Waals surface area contributed by atoms with Gasteiger partial charge in [-0.15, -0.1) is 0 Å². The molecule has 0 saturated carbocycles. The zero-order valence-electron chi connectivity index (χ0n) is 14.2. The monoisotopic (exact) mass is 372 g/mol. The van der Waals surface area contributed by atoms with Crippen molar-refractivity contribution in [3.05, 3.63) is 77.2 Å². The minimum Gasteiger partial charge on any atom is -0.387 e. The Balaban J connectivity index is 2.04. The summed E-state index contributed by atoms with van der Waals surface area (Å²) in [6.45, 7) is 0.140. The summed E-state index contributed by atoms with van der Waals surface area (Å²) >= 11 is 0. The highest BCUT2D eigenvalue weighted by atomic mass is 32.2. The van der Waals surface area contributed by atoms with Crippen molar-refractivity contribution in [2.75, 3.05) is 13.6 Å². The maximum atomic E-state index is 12.7. The standard InChI is InChI=1S/C17H20N6O2S/c1-22(19)12-16(18)26(24,25)23-11-14(13-7-3-2-4-8-13)17(21-23)15-9-5-6-10-20-15/h2-10,12,14H,11,18-19H2,1H3/b16-12+. The van der Waals surface area contributed by atoms with Crippen LogP contribution in [0, 0.1) is 0 Å². The molecule has 0 fully saturated rings. The first-order chi connectivity index (χ1) is 12.4. The Morgan fingerprint density at radius 1 is 1.23 bits per heavy atom. The van der Waals surface area contributed by atoms with Gasteiger partial charge in [0.25, 0.3) is 10.0 Å². The highest BCUT2D eigenvalue weighted by molar-refractivity contribution is 7.92. The molecule has 0 aliphatic carbocycles. The van der Waals surface area contributed by atoms with Crippen molar-refractivity contribution >= 4 is 15.7 Å². The van der Waals surface area contributed by atoms with Crippen LogP contribution >= 0.6 is 0 Å². The van der Waals surface area contributed by atoms with Gasteiger partial charge in [0.15, 0.2) is 5.03 Å². The predicted molar refractivity (Wildman–Crippen MR) is 99.8 cm³/mol. The van der Waals surface area contributed by atoms with Crippen LogP contribution in [0.3, 0.4) is 0 Å². The summed E-state index contributed by atoms with van der Waals surface area (Å²) < 4.78 is 26.5. The summed E-state index contributed by atoms with van der Waals surface area (Å²) in [5.74, 6) is 5.23. The summed E-state index contributed by atoms with van der Waals surface area (Å²) in [5, 5.41) is 5.05. The summed E-state index contributed by atoms with van der Waals surface area (Å²) in [4.78, 5) is 4.32. The second-order valence-corrected chi connectivity index (χ2v) is 7.71. The lowest BCUT2D eigenvalue weighted by atomic mass is 9.93. The van der Waals surface area contributed by atoms with Gasteiger partial charge in [0, 0.05) is 13.2 Å². The fourth-order valence-electron chi connectivity index (χ4n) is 2.71. The lowest BCUT2D eigenvalue weighted by Gasteiger charge is -2.17. The lowest BCUT2D eigenvalue weighted by molar-refractivity contribution is 0.450. The molecule has 26 heavy (non-hydrogen) atoms. The number of aromatic nitrogens is 1. The fourth-order valence-corrected chi connectivity index (χ4v) is 3.79. The number of hydrogen-bond donors (Lipinski definition) is 2. The van der Waals surface area contributed by atoms with Gasteiger partial charge in [-0.2, -0.15) is 17.9 Å². The van der Waals surface area contributed by atoms with Crippen LogP contribution in [0.25, 0.3) is 0 Å². The third kappa shape index (κ3) is 3.53. The van der Waals surface area contributed by atoms with Crippen LogP contribution in [-0.2, 0) is 10.0 Å². The van der Waals surface area contributed by atoms with E-state index in [1.54, 1.807) is 18.3 Å². The molecule has 1 unspecified atom stereocenters. The van der Waals surface area contributed by atoms with Gasteiger partial charge in [0.05, 0.1) is 30.1 Å². The molecule has 8 nitrogen and oxygen atoms in total. The maximum absolute atomic E-state index is 12.7. The maximum Gasteiger partial charge on any atom is 0.295 e. The molecule has 2 heterocycles. The number of nitrogens with two attached hydrogens (primary N) is 2. The van der Waals surface area contributed by atoms with E-state index in [0.717, 1.165) is 21.2 Å². The largest absolute Gasteiger partial charge is 0.387 e. The average molecular weight is 372 g/mol. The van der Waals surface area contributed by atoms with E-state index >= 15 is 0 Å². The number of sulfonamides is 1. The van der Waals surface area contributed by atoms with Crippen molar-refractivity contribution in [3.8, 4) is 0 Å². The molecular weight excluding hydrogens is 352 g/mol. The van der Waals surface area contributed by atoms with E-state index in [4.69, 9.17) is 11.6 Å². The number of nitrogens with zero attached hydrogens (tertiary/aromatic N) is 4. The van der Waals surface area contributed by atoms with Crippen LogP contribution < -0.4 is 11.6 Å². The highest BCUT2D eigenvalue weighted by Crippen LogP contribution is 2.30. The van der Waals surface area contributed by atoms with Gasteiger partial charge < -0.3 is 10.7 Å². The second-order valence-electron chi connectivity index (χ2n) is 5.87. The van der Waals surface area contributed by atoms with Crippen LogP contribution in [0.1, 0.15) is 17.2 Å². The van der Waals surface area contributed by atoms with Crippen molar-refractivity contribution in [1.82, 2.24) is 14.4 Å². The molecule has 1 aliphatic heterocycles. The molecule has 1 aliphatic rings. The number of hydrazine groups is 1. The minimum absolute atomic E-state index is 0.140. The number of hydrogen-bond acceptors (Lipinski definition) is 7. The number of pyridine rings is 1. The number of rotatable bonds is 5. The zero-order chi connectivity index (χ0) is 18.7. The molecule has 0 amide bonds. The normalized spacial score (nSPS) is 17.9. The molecule has 2 aromatic rings. The van der Waals surface area contributed by atoms with E-state index in [1.165, 1.54) is 7.05 Å². The fraction of sp³-hybridized carbons (Fsp3) is 0.176. The lowest BCUT2D eigenvalue weighted by Crippen LogP contribution is -2.32. The molecule has 0 saturated heterocycles. The second kappa shape index (κ2) is 7.14. The van der Waals surface area contributed by atoms with E-state index in [-0.39, 0.29) is 17.5 Å². The van der Waals surface area contributed by atoms with Gasteiger partial charge in [-0.3, -0.25) is 4.98 Å². The van der Waals surface area contributed by atoms with Crippen molar-refractivity contribution in [3.63, 3.8) is 0 Å². The zero-order valence-corrected chi connectivity index (χ0v) is 15.0. The Morgan fingerprint density at radius 2 is 1.92 bits per heavy atom. The smallest absolute Gasteiger partial charge is 0.295 e. The van der Waals surface area contributed by atoms with Crippen molar-refractivity contribution in [2.45, 2.75) is 5.92 Å². The Morgan fingerprint density at radius 3 is 2.54 bits per heavy atom. The SMILES string of the molecule is CN(N)/C=C(\N)S(=O)(=O)N1CC(c2ccccc2)C(c2ccccn2)=N1. The molecular formula is C17H20N6O2S. The molecule has 1 aromatic carbocycles. The molecule has 4 N–H and O–H groups in total. The first-order valence-corrected chi connectivity index (χ1v) is 9.36. The third-order valence-electron chi connectivity index (χ3n) is 3.92. The Kier molecular flexibility index (Phi) is 4.92. The van der Waals surface area contributed by atoms with Gasteiger partial charge in [-0.25, -0.2) is 5.84 Å². The van der Waals surface area contributed by atoms with E-state index in [2.05, 4.69) is 10.1 Å². The quantitative estimate of drug-likeness (QED) is 0.591. The van der Waals surface area contributed by atoms with Crippen LogP contribution in [0.15, 0.2) is 71.1 Å². The minimum atomic E-state index is -3.98. The van der Waals surface area contributed by atoms with E-state index in [9.17, 15) is 8.42 Å². The van der Waals surface area contributed by atoms with Crippen LogP contribution in [0.5, 0.6) is 0 Å². The first kappa shape index (κ1) is 17.9. The summed E-state index contributed by atoms with van der Waals surface area (Å²) in [6, 6.07) is 15.0. The van der Waals surface area contributed by atoms with Gasteiger partial charge in [-0.1, -0.05) is 36.4 Å². The van der Waals surface area contributed by atoms with Crippen molar-refractivity contribution in [2.24, 2.45) is 16.7 Å². The van der Waals surface area contributed by atoms with Gasteiger partial charge in [0.1, 0.15) is 0 Å². The summed E-state index contributed by atoms with van der Waals surface area (Å²) in [6.07, 6.45) is 2.79. The third-order valence-corrected chi connectivity index (χ3v) is 5.41. The van der Waals surface area contributed by atoms with Crippen LogP contribution in [0.2, 0.25) is 0 Å². The van der Waals surface area contributed by atoms with Gasteiger partial charge in [0.2, 0.25) is 0 Å². The Hall–Kier alpha value is -2.91. The number of benzene rings is 1. The molecule has 0 radical (unpaired) electrons. The average Bonchev–Trinajstić information content (AvgIpc) is 3.09. The summed E-state index contributed by atoms with van der Waals surface area (Å²) in [5.41, 5.74) is 7.88. The van der Waals surface area contributed by atoms with Crippen LogP contribution in [0.4, 0.5) is 0 Å². The first-order valence-electron chi connectivity index (χ1n) is 7.92. The van der Waals surface area contributed by atoms with Crippen molar-refractivity contribution in [1.29, 1.82) is 0 Å². The molecule has 9 heteroatoms. The molecule has 1 atom stereocenters. The topological polar surface area (TPSA) is 118 Å². The summed E-state index contributed by atoms with van der Waals surface area (Å²) in [7, 11) is -2.49. The predicted octanol–water partition coefficient (Wildman–Crippen LogP) is 0.778. The molecule has 136 valence electrons. The van der Waals surface area contributed by atoms with Crippen molar-refractivity contribution < 1.29 is 8.42 Å². The molecule has 0 bridgehead atoms. The van der Waals surface area contributed by atoms with E-state index in [1.807, 2.05) is 36.4 Å². The van der Waals surface area contributed by atoms with Gasteiger partial charge in [-0.05, 0) is 17.7 Å². The Labute approximate surface area is 152 Å². The Bertz CT molecular complexity index is 926. The highest BCUT2D eigenvalue weighted by Gasteiger charge is 2.36. The molecule has 1 aromatic heterocycles. The van der Waals surface area contributed by atoms with E-state index in [0.29, 0.717) is 11.4 Å². The van der Waals surface area contributed by atoms with Gasteiger partial charge >= 0.3 is 0 Å². The van der Waals surface area contributed by atoms with Crippen LogP contribution in [-0.4, -0.2) is 42.1 Å².